The van der Waals surface area contributed by atoms with Gasteiger partial charge in [-0.05, 0) is 12.1 Å². The molecule has 0 saturated carbocycles. The van der Waals surface area contributed by atoms with E-state index in [0.717, 1.165) is 0 Å². The standard InChI is InChI=1S/C7H6O2.C2H5N/c8-7(9)6-4-2-1-3-5-6;1-2-3/h1-5H,(H,8,9);2H,1,3H2. The van der Waals surface area contributed by atoms with Crippen LogP contribution in [0, 0.1) is 0 Å². The van der Waals surface area contributed by atoms with Crippen LogP contribution in [-0.4, -0.2) is 5.97 Å². The van der Waals surface area contributed by atoms with Gasteiger partial charge in [-0.15, -0.1) is 0 Å². The highest BCUT2D eigenvalue weighted by molar-refractivity contribution is 5.85. The Bertz CT molecular complexity index is 244. The largest absolute Gasteiger partial charge is 0.545 e. The third-order valence-electron chi connectivity index (χ3n) is 1.01. The number of hydrogen-bond acceptors (Lipinski definition) is 2. The summed E-state index contributed by atoms with van der Waals surface area (Å²) < 4.78 is 0. The lowest BCUT2D eigenvalue weighted by Gasteiger charge is -1.97. The van der Waals surface area contributed by atoms with E-state index >= 15 is 0 Å². The Balaban J connectivity index is 0.000000354. The Morgan fingerprint density at radius 3 is 2.08 bits per heavy atom. The molecule has 3 nitrogen and oxygen atoms in total. The van der Waals surface area contributed by atoms with Crippen LogP contribution in [0.3, 0.4) is 0 Å². The molecule has 0 aliphatic heterocycles. The van der Waals surface area contributed by atoms with Crippen molar-refractivity contribution in [3.63, 3.8) is 0 Å². The molecule has 3 heteroatoms. The van der Waals surface area contributed by atoms with Crippen molar-refractivity contribution >= 4 is 5.97 Å². The van der Waals surface area contributed by atoms with Gasteiger partial charge in [0.15, 0.2) is 0 Å². The summed E-state index contributed by atoms with van der Waals surface area (Å²) >= 11 is 0. The second-order valence-corrected chi connectivity index (χ2v) is 1.94. The lowest BCUT2D eigenvalue weighted by molar-refractivity contribution is -0.274. The highest BCUT2D eigenvalue weighted by atomic mass is 16.4. The fourth-order valence-corrected chi connectivity index (χ4v) is 0.574. The van der Waals surface area contributed by atoms with Crippen LogP contribution in [0.2, 0.25) is 0 Å². The topological polar surface area (TPSA) is 67.8 Å². The monoisotopic (exact) mass is 165 g/mol. The van der Waals surface area contributed by atoms with E-state index in [-0.39, 0.29) is 5.56 Å². The zero-order chi connectivity index (χ0) is 9.40. The zero-order valence-corrected chi connectivity index (χ0v) is 6.69. The van der Waals surface area contributed by atoms with Gasteiger partial charge in [0, 0.05) is 0 Å². The average Bonchev–Trinajstić information content (AvgIpc) is 2.07. The highest BCUT2D eigenvalue weighted by Crippen LogP contribution is 1.94. The molecule has 64 valence electrons. The van der Waals surface area contributed by atoms with Crippen LogP contribution < -0.4 is 10.8 Å². The first-order chi connectivity index (χ1) is 5.72. The Morgan fingerprint density at radius 1 is 1.42 bits per heavy atom. The number of carboxylic acid groups (broad SMARTS) is 1. The van der Waals surface area contributed by atoms with Gasteiger partial charge < -0.3 is 15.6 Å². The molecular weight excluding hydrogens is 154 g/mol. The number of aromatic carboxylic acids is 1. The van der Waals surface area contributed by atoms with Gasteiger partial charge in [0.25, 0.3) is 0 Å². The molecule has 3 N–H and O–H groups in total. The van der Waals surface area contributed by atoms with Gasteiger partial charge in [-0.2, -0.15) is 0 Å². The fraction of sp³-hybridized carbons (Fsp3) is 0. The van der Waals surface area contributed by atoms with Crippen LogP contribution in [-0.2, 0) is 0 Å². The summed E-state index contributed by atoms with van der Waals surface area (Å²) in [6, 6.07) is 8.06. The summed E-state index contributed by atoms with van der Waals surface area (Å²) in [6.45, 7) is 3.25. The molecular formula is C9H11NO2. The number of carbonyl (C=O) groups excluding carboxylic acids is 1. The molecule has 0 fully saturated rings. The minimum Gasteiger partial charge on any atom is -0.545 e. The van der Waals surface area contributed by atoms with Gasteiger partial charge in [0.05, 0.1) is 12.2 Å². The molecule has 0 amide bonds. The van der Waals surface area contributed by atoms with Crippen LogP contribution in [0.25, 0.3) is 0 Å². The van der Waals surface area contributed by atoms with Crippen molar-refractivity contribution in [1.82, 2.24) is 0 Å². The minimum absolute atomic E-state index is 0.220. The average molecular weight is 165 g/mol. The Morgan fingerprint density at radius 2 is 1.83 bits per heavy atom. The third kappa shape index (κ3) is 4.24. The number of carbonyl (C=O) groups is 1. The quantitative estimate of drug-likeness (QED) is 0.605. The number of hydrogen-bond donors (Lipinski definition) is 1. The summed E-state index contributed by atoms with van der Waals surface area (Å²) in [5.74, 6) is -1.13. The smallest absolute Gasteiger partial charge is 0.0836 e. The molecule has 0 bridgehead atoms. The first-order valence-electron chi connectivity index (χ1n) is 3.39. The SMILES string of the molecule is C=C[NH3+].O=C([O-])c1ccccc1. The van der Waals surface area contributed by atoms with E-state index in [1.807, 2.05) is 0 Å². The van der Waals surface area contributed by atoms with E-state index in [9.17, 15) is 9.90 Å². The second kappa shape index (κ2) is 6.12. The minimum atomic E-state index is -1.13. The molecule has 1 rings (SSSR count). The maximum absolute atomic E-state index is 10.1. The van der Waals surface area contributed by atoms with Gasteiger partial charge in [0.2, 0.25) is 0 Å². The van der Waals surface area contributed by atoms with E-state index in [1.165, 1.54) is 18.3 Å². The van der Waals surface area contributed by atoms with Crippen molar-refractivity contribution in [2.24, 2.45) is 0 Å². The van der Waals surface area contributed by atoms with E-state index in [2.05, 4.69) is 12.3 Å². The molecule has 0 atom stereocenters. The molecule has 1 aromatic rings. The Hall–Kier alpha value is -1.61. The zero-order valence-electron chi connectivity index (χ0n) is 6.69. The summed E-state index contributed by atoms with van der Waals surface area (Å²) in [4.78, 5) is 10.1. The normalized spacial score (nSPS) is 7.75. The number of carboxylic acids is 1. The molecule has 0 unspecified atom stereocenters. The molecule has 0 aliphatic rings. The van der Waals surface area contributed by atoms with E-state index < -0.39 is 5.97 Å². The summed E-state index contributed by atoms with van der Waals surface area (Å²) in [5, 5.41) is 10.1. The maximum atomic E-state index is 10.1. The van der Waals surface area contributed by atoms with Gasteiger partial charge in [-0.3, -0.25) is 0 Å². The van der Waals surface area contributed by atoms with Gasteiger partial charge >= 0.3 is 0 Å². The van der Waals surface area contributed by atoms with Crippen molar-refractivity contribution in [2.75, 3.05) is 0 Å². The predicted molar refractivity (Wildman–Crippen MR) is 43.9 cm³/mol. The summed E-state index contributed by atoms with van der Waals surface area (Å²) in [7, 11) is 0. The molecule has 0 aromatic heterocycles. The predicted octanol–water partition coefficient (Wildman–Crippen LogP) is -0.578. The lowest BCUT2D eigenvalue weighted by atomic mass is 10.2. The lowest BCUT2D eigenvalue weighted by Crippen LogP contribution is -2.38. The van der Waals surface area contributed by atoms with Gasteiger partial charge in [-0.25, -0.2) is 0 Å². The van der Waals surface area contributed by atoms with E-state index in [4.69, 9.17) is 0 Å². The number of quaternary nitrogens is 1. The van der Waals surface area contributed by atoms with Gasteiger partial charge in [0.1, 0.15) is 0 Å². The molecule has 0 aliphatic carbocycles. The van der Waals surface area contributed by atoms with Crippen LogP contribution in [0.1, 0.15) is 10.4 Å². The molecule has 12 heavy (non-hydrogen) atoms. The first kappa shape index (κ1) is 10.4. The van der Waals surface area contributed by atoms with Crippen LogP contribution in [0.4, 0.5) is 0 Å². The molecule has 1 aromatic carbocycles. The van der Waals surface area contributed by atoms with Crippen molar-refractivity contribution in [3.8, 4) is 0 Å². The first-order valence-corrected chi connectivity index (χ1v) is 3.39. The second-order valence-electron chi connectivity index (χ2n) is 1.94. The number of rotatable bonds is 1. The highest BCUT2D eigenvalue weighted by Gasteiger charge is 1.85. The van der Waals surface area contributed by atoms with Crippen molar-refractivity contribution in [1.29, 1.82) is 0 Å². The van der Waals surface area contributed by atoms with Gasteiger partial charge in [-0.1, -0.05) is 30.3 Å². The molecule has 0 heterocycles. The Labute approximate surface area is 71.1 Å². The molecule has 0 saturated heterocycles. The molecule has 0 spiro atoms. The van der Waals surface area contributed by atoms with Crippen LogP contribution in [0.5, 0.6) is 0 Å². The molecule has 0 radical (unpaired) electrons. The van der Waals surface area contributed by atoms with E-state index in [1.54, 1.807) is 18.2 Å². The number of benzene rings is 1. The van der Waals surface area contributed by atoms with Crippen LogP contribution in [0.15, 0.2) is 43.1 Å². The van der Waals surface area contributed by atoms with Crippen molar-refractivity contribution < 1.29 is 15.6 Å². The van der Waals surface area contributed by atoms with E-state index in [0.29, 0.717) is 0 Å². The van der Waals surface area contributed by atoms with Crippen LogP contribution >= 0.6 is 0 Å². The van der Waals surface area contributed by atoms with Crippen molar-refractivity contribution in [3.05, 3.63) is 48.7 Å². The maximum Gasteiger partial charge on any atom is 0.0836 e. The summed E-state index contributed by atoms with van der Waals surface area (Å²) in [5.41, 5.74) is 3.47. The summed E-state index contributed by atoms with van der Waals surface area (Å²) in [6.07, 6.45) is 1.50. The third-order valence-corrected chi connectivity index (χ3v) is 1.01. The Kier molecular flexibility index (Phi) is 5.30. The fourth-order valence-electron chi connectivity index (χ4n) is 0.574. The van der Waals surface area contributed by atoms with Crippen molar-refractivity contribution in [2.45, 2.75) is 0 Å².